The van der Waals surface area contributed by atoms with Gasteiger partial charge in [0.2, 0.25) is 0 Å². The number of hydrogen-bond donors (Lipinski definition) is 1. The van der Waals surface area contributed by atoms with Gasteiger partial charge in [-0.25, -0.2) is 4.79 Å². The van der Waals surface area contributed by atoms with E-state index in [-0.39, 0.29) is 5.56 Å². The molecule has 5 heteroatoms. The number of pyridine rings is 1. The second-order valence-corrected chi connectivity index (χ2v) is 3.67. The molecule has 1 aromatic rings. The molecule has 0 spiro atoms. The maximum absolute atomic E-state index is 11.4. The zero-order valence-corrected chi connectivity index (χ0v) is 9.07. The highest BCUT2D eigenvalue weighted by Gasteiger charge is 2.19. The first kappa shape index (κ1) is 11.8. The molecule has 0 aliphatic rings. The van der Waals surface area contributed by atoms with Gasteiger partial charge < -0.3 is 5.11 Å². The number of rotatable bonds is 4. The van der Waals surface area contributed by atoms with E-state index in [4.69, 9.17) is 16.7 Å². The van der Waals surface area contributed by atoms with E-state index in [0.717, 1.165) is 4.57 Å². The number of aliphatic carboxylic acids is 1. The summed E-state index contributed by atoms with van der Waals surface area (Å²) < 4.78 is 1.16. The summed E-state index contributed by atoms with van der Waals surface area (Å²) in [5, 5.41) is 9.33. The van der Waals surface area contributed by atoms with Crippen molar-refractivity contribution < 1.29 is 9.90 Å². The van der Waals surface area contributed by atoms with Crippen LogP contribution in [-0.4, -0.2) is 15.6 Å². The first-order valence-electron chi connectivity index (χ1n) is 4.66. The molecule has 4 nitrogen and oxygen atoms in total. The first-order chi connectivity index (χ1) is 7.06. The molecule has 0 radical (unpaired) electrons. The number of hydrogen-bond acceptors (Lipinski definition) is 2. The predicted molar refractivity (Wildman–Crippen MR) is 57.3 cm³/mol. The predicted octanol–water partition coefficient (Wildman–Crippen LogP) is 1.93. The highest BCUT2D eigenvalue weighted by atomic mass is 35.5. The van der Waals surface area contributed by atoms with Gasteiger partial charge in [-0.2, -0.15) is 0 Å². The van der Waals surface area contributed by atoms with Crippen LogP contribution < -0.4 is 5.56 Å². The third-order valence-electron chi connectivity index (χ3n) is 2.08. The van der Waals surface area contributed by atoms with Crippen LogP contribution in [0, 0.1) is 0 Å². The minimum Gasteiger partial charge on any atom is -0.480 e. The summed E-state index contributed by atoms with van der Waals surface area (Å²) in [6.07, 6.45) is 2.46. The molecule has 82 valence electrons. The second kappa shape index (κ2) is 4.98. The molecule has 1 unspecified atom stereocenters. The number of carboxylic acids is 1. The van der Waals surface area contributed by atoms with E-state index < -0.39 is 12.0 Å². The third-order valence-corrected chi connectivity index (χ3v) is 2.31. The van der Waals surface area contributed by atoms with Gasteiger partial charge in [0.1, 0.15) is 6.04 Å². The molecule has 0 aliphatic carbocycles. The topological polar surface area (TPSA) is 59.3 Å². The molecule has 1 atom stereocenters. The molecule has 1 heterocycles. The molecule has 0 aromatic carbocycles. The van der Waals surface area contributed by atoms with Crippen molar-refractivity contribution >= 4 is 17.6 Å². The summed E-state index contributed by atoms with van der Waals surface area (Å²) in [4.78, 5) is 22.4. The molecule has 1 N–H and O–H groups in total. The quantitative estimate of drug-likeness (QED) is 0.858. The maximum Gasteiger partial charge on any atom is 0.326 e. The van der Waals surface area contributed by atoms with Crippen molar-refractivity contribution in [3.63, 3.8) is 0 Å². The van der Waals surface area contributed by atoms with E-state index in [9.17, 15) is 9.59 Å². The highest BCUT2D eigenvalue weighted by molar-refractivity contribution is 6.30. The average Bonchev–Trinajstić information content (AvgIpc) is 2.18. The fourth-order valence-corrected chi connectivity index (χ4v) is 1.54. The normalized spacial score (nSPS) is 12.4. The van der Waals surface area contributed by atoms with Crippen LogP contribution in [-0.2, 0) is 4.79 Å². The lowest BCUT2D eigenvalue weighted by atomic mass is 10.1. The van der Waals surface area contributed by atoms with Crippen LogP contribution in [0.1, 0.15) is 25.8 Å². The van der Waals surface area contributed by atoms with Crippen LogP contribution in [0.2, 0.25) is 5.02 Å². The van der Waals surface area contributed by atoms with Crippen LogP contribution in [0.25, 0.3) is 0 Å². The Morgan fingerprint density at radius 1 is 1.60 bits per heavy atom. The Morgan fingerprint density at radius 2 is 2.27 bits per heavy atom. The number of halogens is 1. The zero-order chi connectivity index (χ0) is 11.4. The van der Waals surface area contributed by atoms with E-state index in [1.54, 1.807) is 0 Å². The smallest absolute Gasteiger partial charge is 0.326 e. The van der Waals surface area contributed by atoms with Crippen LogP contribution in [0.15, 0.2) is 23.1 Å². The van der Waals surface area contributed by atoms with Crippen LogP contribution in [0.5, 0.6) is 0 Å². The molecule has 0 fully saturated rings. The minimum absolute atomic E-state index is 0.347. The molecule has 15 heavy (non-hydrogen) atoms. The van der Waals surface area contributed by atoms with Crippen LogP contribution in [0.4, 0.5) is 0 Å². The van der Waals surface area contributed by atoms with Crippen molar-refractivity contribution in [2.75, 3.05) is 0 Å². The lowest BCUT2D eigenvalue weighted by Gasteiger charge is -2.14. The van der Waals surface area contributed by atoms with Gasteiger partial charge in [0, 0.05) is 12.3 Å². The van der Waals surface area contributed by atoms with Gasteiger partial charge in [-0.3, -0.25) is 9.36 Å². The molecule has 1 rings (SSSR count). The van der Waals surface area contributed by atoms with Gasteiger partial charge in [0.05, 0.1) is 5.02 Å². The summed E-state index contributed by atoms with van der Waals surface area (Å²) in [6.45, 7) is 1.87. The largest absolute Gasteiger partial charge is 0.480 e. The Kier molecular flexibility index (Phi) is 3.91. The van der Waals surface area contributed by atoms with Crippen LogP contribution >= 0.6 is 11.6 Å². The molecule has 0 aliphatic heterocycles. The van der Waals surface area contributed by atoms with Crippen molar-refractivity contribution in [3.8, 4) is 0 Å². The van der Waals surface area contributed by atoms with E-state index in [1.165, 1.54) is 18.3 Å². The Hall–Kier alpha value is -1.29. The fraction of sp³-hybridized carbons (Fsp3) is 0.400. The van der Waals surface area contributed by atoms with E-state index in [2.05, 4.69) is 0 Å². The number of aromatic nitrogens is 1. The summed E-state index contributed by atoms with van der Waals surface area (Å²) >= 11 is 5.71. The standard InChI is InChI=1S/C10H12ClNO3/c1-2-3-8(10(14)15)12-6-7(11)4-5-9(12)13/h4-6,8H,2-3H2,1H3,(H,14,15). The molecular weight excluding hydrogens is 218 g/mol. The summed E-state index contributed by atoms with van der Waals surface area (Å²) in [6, 6.07) is 1.89. The van der Waals surface area contributed by atoms with Crippen molar-refractivity contribution in [3.05, 3.63) is 33.7 Å². The molecule has 0 saturated heterocycles. The lowest BCUT2D eigenvalue weighted by Crippen LogP contribution is -2.28. The van der Waals surface area contributed by atoms with Crippen molar-refractivity contribution in [2.45, 2.75) is 25.8 Å². The van der Waals surface area contributed by atoms with Gasteiger partial charge in [-0.05, 0) is 12.5 Å². The summed E-state index contributed by atoms with van der Waals surface area (Å²) in [5.74, 6) is -1.01. The average molecular weight is 230 g/mol. The highest BCUT2D eigenvalue weighted by Crippen LogP contribution is 2.14. The molecule has 0 amide bonds. The SMILES string of the molecule is CCCC(C(=O)O)n1cc(Cl)ccc1=O. The first-order valence-corrected chi connectivity index (χ1v) is 5.04. The monoisotopic (exact) mass is 229 g/mol. The van der Waals surface area contributed by atoms with Crippen molar-refractivity contribution in [1.82, 2.24) is 4.57 Å². The molecule has 1 aromatic heterocycles. The second-order valence-electron chi connectivity index (χ2n) is 3.24. The lowest BCUT2D eigenvalue weighted by molar-refractivity contribution is -0.141. The van der Waals surface area contributed by atoms with E-state index in [1.807, 2.05) is 6.92 Å². The van der Waals surface area contributed by atoms with Crippen molar-refractivity contribution in [1.29, 1.82) is 0 Å². The Labute approximate surface area is 92.1 Å². The zero-order valence-electron chi connectivity index (χ0n) is 8.31. The van der Waals surface area contributed by atoms with Gasteiger partial charge in [0.25, 0.3) is 5.56 Å². The number of carboxylic acid groups (broad SMARTS) is 1. The summed E-state index contributed by atoms with van der Waals surface area (Å²) in [5.41, 5.74) is -0.347. The van der Waals surface area contributed by atoms with Crippen molar-refractivity contribution in [2.24, 2.45) is 0 Å². The Balaban J connectivity index is 3.15. The van der Waals surface area contributed by atoms with E-state index in [0.29, 0.717) is 17.9 Å². The number of carbonyl (C=O) groups is 1. The van der Waals surface area contributed by atoms with Gasteiger partial charge in [0.15, 0.2) is 0 Å². The third kappa shape index (κ3) is 2.83. The van der Waals surface area contributed by atoms with E-state index >= 15 is 0 Å². The maximum atomic E-state index is 11.4. The summed E-state index contributed by atoms with van der Waals surface area (Å²) in [7, 11) is 0. The minimum atomic E-state index is -1.01. The van der Waals surface area contributed by atoms with Gasteiger partial charge in [-0.1, -0.05) is 24.9 Å². The number of nitrogens with zero attached hydrogens (tertiary/aromatic N) is 1. The van der Waals surface area contributed by atoms with Gasteiger partial charge >= 0.3 is 5.97 Å². The van der Waals surface area contributed by atoms with Crippen LogP contribution in [0.3, 0.4) is 0 Å². The molecule has 0 saturated carbocycles. The fourth-order valence-electron chi connectivity index (χ4n) is 1.38. The van der Waals surface area contributed by atoms with Gasteiger partial charge in [-0.15, -0.1) is 0 Å². The molecular formula is C10H12ClNO3. The molecule has 0 bridgehead atoms. The Bertz CT molecular complexity index is 413. The Morgan fingerprint density at radius 3 is 2.80 bits per heavy atom.